The fraction of sp³-hybridized carbons (Fsp3) is 0.889. The number of thiocarbonyl (C=S) groups is 1. The van der Waals surface area contributed by atoms with Crippen molar-refractivity contribution >= 4 is 27.4 Å². The van der Waals surface area contributed by atoms with Gasteiger partial charge in [0.15, 0.2) is 0 Å². The van der Waals surface area contributed by atoms with Gasteiger partial charge in [0.25, 0.3) is 0 Å². The summed E-state index contributed by atoms with van der Waals surface area (Å²) in [4.78, 5) is 0. The zero-order valence-corrected chi connectivity index (χ0v) is 11.5. The van der Waals surface area contributed by atoms with Gasteiger partial charge in [-0.05, 0) is 23.3 Å². The van der Waals surface area contributed by atoms with Crippen molar-refractivity contribution in [2.24, 2.45) is 17.6 Å². The Morgan fingerprint density at radius 1 is 1.15 bits per heavy atom. The predicted molar refractivity (Wildman–Crippen MR) is 65.2 cm³/mol. The summed E-state index contributed by atoms with van der Waals surface area (Å²) in [5.74, 6) is 3.83. The van der Waals surface area contributed by atoms with Crippen LogP contribution in [0.1, 0.15) is 27.7 Å². The van der Waals surface area contributed by atoms with E-state index in [9.17, 15) is 0 Å². The molecule has 0 rings (SSSR count). The van der Waals surface area contributed by atoms with Crippen LogP contribution < -0.4 is 5.73 Å². The second kappa shape index (κ2) is 8.08. The molecule has 0 unspecified atom stereocenters. The Morgan fingerprint density at radius 2 is 1.46 bits per heavy atom. The van der Waals surface area contributed by atoms with Gasteiger partial charge in [0, 0.05) is 16.5 Å². The minimum absolute atomic E-state index is 0. The molecule has 0 aliphatic rings. The molecule has 0 saturated carbocycles. The predicted octanol–water partition coefficient (Wildman–Crippen LogP) is 2.54. The first-order chi connectivity index (χ1) is 5.43. The average molecular weight is 266 g/mol. The fourth-order valence-electron chi connectivity index (χ4n) is 1.14. The number of rotatable bonds is 4. The van der Waals surface area contributed by atoms with E-state index in [1.54, 1.807) is 0 Å². The summed E-state index contributed by atoms with van der Waals surface area (Å²) in [6.45, 7) is 8.92. The molecule has 4 heteroatoms. The van der Waals surface area contributed by atoms with Crippen LogP contribution in [0.2, 0.25) is 0 Å². The average Bonchev–Trinajstić information content (AvgIpc) is 1.83. The van der Waals surface area contributed by atoms with Gasteiger partial charge in [-0.1, -0.05) is 39.9 Å². The van der Waals surface area contributed by atoms with Crippen molar-refractivity contribution < 1.29 is 16.5 Å². The smallest absolute Gasteiger partial charge is 0.111 e. The summed E-state index contributed by atoms with van der Waals surface area (Å²) >= 11 is 5.06. The van der Waals surface area contributed by atoms with Crippen LogP contribution >= 0.6 is 23.1 Å². The van der Waals surface area contributed by atoms with Crippen LogP contribution in [0.4, 0.5) is 0 Å². The first kappa shape index (κ1) is 16.2. The molecule has 0 aromatic carbocycles. The molecule has 0 aliphatic heterocycles. The molecule has 0 bridgehead atoms. The molecule has 1 nitrogen and oxygen atoms in total. The Morgan fingerprint density at radius 3 is 1.62 bits per heavy atom. The van der Waals surface area contributed by atoms with Gasteiger partial charge in [-0.15, -0.1) is 0 Å². The molecule has 2 N–H and O–H groups in total. The molecule has 0 aromatic rings. The molecule has 84 valence electrons. The van der Waals surface area contributed by atoms with Crippen LogP contribution in [0.15, 0.2) is 0 Å². The van der Waals surface area contributed by atoms with Gasteiger partial charge in [-0.3, -0.25) is 0 Å². The van der Waals surface area contributed by atoms with Crippen molar-refractivity contribution in [2.45, 2.75) is 27.7 Å². The van der Waals surface area contributed by atoms with Gasteiger partial charge < -0.3 is 5.73 Å². The quantitative estimate of drug-likeness (QED) is 0.464. The first-order valence-corrected chi connectivity index (χ1v) is 6.60. The zero-order chi connectivity index (χ0) is 9.72. The summed E-state index contributed by atoms with van der Waals surface area (Å²) in [5, 5.41) is 0. The molecule has 0 fully saturated rings. The molecule has 13 heavy (non-hydrogen) atoms. The van der Waals surface area contributed by atoms with Gasteiger partial charge in [0.05, 0.1) is 0 Å². The maximum atomic E-state index is 5.69. The maximum Gasteiger partial charge on any atom is 0.111 e. The molecule has 0 spiro atoms. The number of hydrogen-bond acceptors (Lipinski definition) is 1. The van der Waals surface area contributed by atoms with Crippen LogP contribution in [0.25, 0.3) is 0 Å². The van der Waals surface area contributed by atoms with Gasteiger partial charge in [0.2, 0.25) is 0 Å². The second-order valence-corrected chi connectivity index (χ2v) is 7.07. The largest absolute Gasteiger partial charge is 0.386 e. The third kappa shape index (κ3) is 9.05. The van der Waals surface area contributed by atoms with Gasteiger partial charge in [-0.2, -0.15) is 0 Å². The summed E-state index contributed by atoms with van der Waals surface area (Å²) in [7, 11) is -0.189. The molecular formula is C9H21NNiS2. The normalized spacial score (nSPS) is 11.4. The van der Waals surface area contributed by atoms with Crippen LogP contribution in [0, 0.1) is 11.8 Å². The first-order valence-electron chi connectivity index (χ1n) is 4.47. The number of hydrogen-bond donors (Lipinski definition) is 2. The standard InChI is InChI=1S/C9H21NS2.Ni/c1-7(2)5-12(9(10)11)6-8(3)4;/h7-8,12H,5-6H2,1-4H3,(H2,10,11);. The van der Waals surface area contributed by atoms with E-state index in [0.717, 1.165) is 16.2 Å². The summed E-state index contributed by atoms with van der Waals surface area (Å²) in [6.07, 6.45) is 0. The van der Waals surface area contributed by atoms with Gasteiger partial charge in [0.1, 0.15) is 4.32 Å². The van der Waals surface area contributed by atoms with Crippen molar-refractivity contribution in [3.05, 3.63) is 0 Å². The summed E-state index contributed by atoms with van der Waals surface area (Å²) in [6, 6.07) is 0. The minimum Gasteiger partial charge on any atom is -0.386 e. The Kier molecular flexibility index (Phi) is 10.0. The topological polar surface area (TPSA) is 26.0 Å². The molecule has 0 heterocycles. The van der Waals surface area contributed by atoms with Crippen LogP contribution in [0.3, 0.4) is 0 Å². The molecule has 0 aromatic heterocycles. The van der Waals surface area contributed by atoms with E-state index >= 15 is 0 Å². The van der Waals surface area contributed by atoms with E-state index in [2.05, 4.69) is 27.7 Å². The molecule has 0 atom stereocenters. The molecule has 0 saturated heterocycles. The van der Waals surface area contributed by atoms with Crippen LogP contribution in [-0.4, -0.2) is 15.8 Å². The number of nitrogens with two attached hydrogens (primary N) is 1. The van der Waals surface area contributed by atoms with Crippen molar-refractivity contribution in [2.75, 3.05) is 11.5 Å². The Hall–Kier alpha value is 0.734. The third-order valence-electron chi connectivity index (χ3n) is 1.48. The van der Waals surface area contributed by atoms with E-state index < -0.39 is 0 Å². The van der Waals surface area contributed by atoms with Crippen molar-refractivity contribution in [1.82, 2.24) is 0 Å². The summed E-state index contributed by atoms with van der Waals surface area (Å²) < 4.78 is 0.757. The summed E-state index contributed by atoms with van der Waals surface area (Å²) in [5.41, 5.74) is 5.69. The molecule has 0 aliphatic carbocycles. The van der Waals surface area contributed by atoms with Crippen molar-refractivity contribution in [3.63, 3.8) is 0 Å². The Bertz CT molecular complexity index is 139. The van der Waals surface area contributed by atoms with Gasteiger partial charge in [-0.25, -0.2) is 10.9 Å². The van der Waals surface area contributed by atoms with Crippen LogP contribution in [0.5, 0.6) is 0 Å². The maximum absolute atomic E-state index is 5.69. The van der Waals surface area contributed by atoms with E-state index in [4.69, 9.17) is 18.0 Å². The molecule has 0 radical (unpaired) electrons. The van der Waals surface area contributed by atoms with Gasteiger partial charge >= 0.3 is 0 Å². The van der Waals surface area contributed by atoms with Crippen LogP contribution in [-0.2, 0) is 16.5 Å². The zero-order valence-electron chi connectivity index (χ0n) is 8.82. The molecular weight excluding hydrogens is 245 g/mol. The second-order valence-electron chi connectivity index (χ2n) is 4.03. The molecule has 0 amide bonds. The fourth-order valence-corrected chi connectivity index (χ4v) is 3.86. The number of thiol groups is 1. The van der Waals surface area contributed by atoms with Crippen molar-refractivity contribution in [1.29, 1.82) is 0 Å². The van der Waals surface area contributed by atoms with E-state index in [1.165, 1.54) is 11.5 Å². The van der Waals surface area contributed by atoms with Crippen molar-refractivity contribution in [3.8, 4) is 0 Å². The minimum atomic E-state index is -0.189. The SMILES string of the molecule is CC(C)C[SH](CC(C)C)C(N)=S.[Ni]. The third-order valence-corrected chi connectivity index (χ3v) is 5.22. The van der Waals surface area contributed by atoms with E-state index in [0.29, 0.717) is 0 Å². The van der Waals surface area contributed by atoms with E-state index in [-0.39, 0.29) is 27.4 Å². The monoisotopic (exact) mass is 265 g/mol. The Labute approximate surface area is 100 Å². The van der Waals surface area contributed by atoms with E-state index in [1.807, 2.05) is 0 Å². The Balaban J connectivity index is 0.